The lowest BCUT2D eigenvalue weighted by molar-refractivity contribution is -0.130. The van der Waals surface area contributed by atoms with Crippen molar-refractivity contribution in [1.82, 2.24) is 5.32 Å². The molecule has 0 bridgehead atoms. The highest BCUT2D eigenvalue weighted by molar-refractivity contribution is 6.17. The summed E-state index contributed by atoms with van der Waals surface area (Å²) in [5.41, 5.74) is 1.61. The van der Waals surface area contributed by atoms with Crippen LogP contribution in [-0.4, -0.2) is 31.5 Å². The van der Waals surface area contributed by atoms with E-state index in [0.717, 1.165) is 18.5 Å². The Kier molecular flexibility index (Phi) is 3.85. The monoisotopic (exact) mass is 262 g/mol. The predicted molar refractivity (Wildman–Crippen MR) is 72.3 cm³/mol. The molecule has 5 nitrogen and oxygen atoms in total. The van der Waals surface area contributed by atoms with Crippen LogP contribution >= 0.6 is 0 Å². The molecule has 5 heteroatoms. The van der Waals surface area contributed by atoms with Crippen molar-refractivity contribution in [3.05, 3.63) is 23.8 Å². The van der Waals surface area contributed by atoms with Crippen molar-refractivity contribution in [2.75, 3.05) is 18.5 Å². The molecule has 1 aromatic carbocycles. The van der Waals surface area contributed by atoms with Gasteiger partial charge < -0.3 is 10.1 Å². The highest BCUT2D eigenvalue weighted by Crippen LogP contribution is 2.35. The zero-order valence-electron chi connectivity index (χ0n) is 11.4. The van der Waals surface area contributed by atoms with Gasteiger partial charge in [0.2, 0.25) is 5.91 Å². The summed E-state index contributed by atoms with van der Waals surface area (Å²) >= 11 is 0. The van der Waals surface area contributed by atoms with Crippen molar-refractivity contribution in [3.63, 3.8) is 0 Å². The lowest BCUT2D eigenvalue weighted by atomic mass is 10.1. The van der Waals surface area contributed by atoms with E-state index < -0.39 is 6.10 Å². The minimum Gasteiger partial charge on any atom is -0.479 e. The molecule has 0 saturated carbocycles. The molecule has 1 aromatic rings. The molecule has 2 rings (SSSR count). The number of hydrogen-bond donors (Lipinski definition) is 1. The van der Waals surface area contributed by atoms with Crippen LogP contribution in [0.4, 0.5) is 5.69 Å². The van der Waals surface area contributed by atoms with Crippen molar-refractivity contribution in [1.29, 1.82) is 0 Å². The van der Waals surface area contributed by atoms with Gasteiger partial charge in [-0.15, -0.1) is 0 Å². The summed E-state index contributed by atoms with van der Waals surface area (Å²) in [4.78, 5) is 24.9. The molecule has 19 heavy (non-hydrogen) atoms. The van der Waals surface area contributed by atoms with Crippen LogP contribution in [0.3, 0.4) is 0 Å². The standard InChI is InChI=1S/C14H18N2O3/c1-9-14(18)16(10(2)17)12-8-11(6-7-15-3)4-5-13(12)19-9/h4-5,8-9,15H,6-7H2,1-3H3. The number of nitrogens with zero attached hydrogens (tertiary/aromatic N) is 1. The van der Waals surface area contributed by atoms with Gasteiger partial charge in [0.05, 0.1) is 5.69 Å². The topological polar surface area (TPSA) is 58.6 Å². The molecular weight excluding hydrogens is 244 g/mol. The quantitative estimate of drug-likeness (QED) is 0.886. The van der Waals surface area contributed by atoms with Gasteiger partial charge in [0.15, 0.2) is 6.10 Å². The lowest BCUT2D eigenvalue weighted by Crippen LogP contribution is -2.46. The molecule has 0 fully saturated rings. The third-order valence-corrected chi connectivity index (χ3v) is 3.11. The highest BCUT2D eigenvalue weighted by atomic mass is 16.5. The van der Waals surface area contributed by atoms with Crippen LogP contribution in [0.5, 0.6) is 5.75 Å². The van der Waals surface area contributed by atoms with Crippen molar-refractivity contribution in [2.24, 2.45) is 0 Å². The van der Waals surface area contributed by atoms with E-state index in [4.69, 9.17) is 4.74 Å². The summed E-state index contributed by atoms with van der Waals surface area (Å²) in [7, 11) is 1.88. The first-order valence-corrected chi connectivity index (χ1v) is 6.33. The molecule has 2 amide bonds. The third-order valence-electron chi connectivity index (χ3n) is 3.11. The SMILES string of the molecule is CNCCc1ccc2c(c1)N(C(C)=O)C(=O)C(C)O2. The summed E-state index contributed by atoms with van der Waals surface area (Å²) in [6.07, 6.45) is 0.207. The predicted octanol–water partition coefficient (Wildman–Crippen LogP) is 1.11. The number of amides is 2. The molecule has 0 radical (unpaired) electrons. The number of anilines is 1. The fraction of sp³-hybridized carbons (Fsp3) is 0.429. The maximum atomic E-state index is 12.0. The van der Waals surface area contributed by atoms with Crippen LogP contribution < -0.4 is 15.0 Å². The minimum absolute atomic E-state index is 0.285. The van der Waals surface area contributed by atoms with E-state index in [1.165, 1.54) is 11.8 Å². The van der Waals surface area contributed by atoms with Gasteiger partial charge in [-0.25, -0.2) is 4.90 Å². The molecule has 102 valence electrons. The number of carbonyl (C=O) groups excluding carboxylic acids is 2. The fourth-order valence-electron chi connectivity index (χ4n) is 2.13. The maximum absolute atomic E-state index is 12.0. The molecule has 1 unspecified atom stereocenters. The number of imide groups is 1. The number of likely N-dealkylation sites (N-methyl/N-ethyl adjacent to an activating group) is 1. The molecule has 0 saturated heterocycles. The van der Waals surface area contributed by atoms with Crippen LogP contribution in [0.15, 0.2) is 18.2 Å². The second kappa shape index (κ2) is 5.40. The van der Waals surface area contributed by atoms with E-state index >= 15 is 0 Å². The largest absolute Gasteiger partial charge is 0.479 e. The Balaban J connectivity index is 2.40. The number of carbonyl (C=O) groups is 2. The Morgan fingerprint density at radius 3 is 2.84 bits per heavy atom. The van der Waals surface area contributed by atoms with Crippen LogP contribution in [-0.2, 0) is 16.0 Å². The second-order valence-corrected chi connectivity index (χ2v) is 4.61. The van der Waals surface area contributed by atoms with Gasteiger partial charge in [-0.05, 0) is 44.6 Å². The van der Waals surface area contributed by atoms with Gasteiger partial charge in [-0.3, -0.25) is 9.59 Å². The van der Waals surface area contributed by atoms with E-state index in [1.54, 1.807) is 6.92 Å². The van der Waals surface area contributed by atoms with Crippen LogP contribution in [0.1, 0.15) is 19.4 Å². The van der Waals surface area contributed by atoms with E-state index in [1.807, 2.05) is 25.2 Å². The Morgan fingerprint density at radius 1 is 1.47 bits per heavy atom. The van der Waals surface area contributed by atoms with Gasteiger partial charge in [-0.1, -0.05) is 6.07 Å². The van der Waals surface area contributed by atoms with E-state index in [0.29, 0.717) is 11.4 Å². The third kappa shape index (κ3) is 2.61. The van der Waals surface area contributed by atoms with Crippen molar-refractivity contribution in [2.45, 2.75) is 26.4 Å². The summed E-state index contributed by atoms with van der Waals surface area (Å²) in [5, 5.41) is 3.07. The van der Waals surface area contributed by atoms with Crippen LogP contribution in [0.25, 0.3) is 0 Å². The van der Waals surface area contributed by atoms with Gasteiger partial charge in [0, 0.05) is 6.92 Å². The van der Waals surface area contributed by atoms with Gasteiger partial charge in [0.25, 0.3) is 5.91 Å². The zero-order chi connectivity index (χ0) is 14.0. The van der Waals surface area contributed by atoms with Gasteiger partial charge >= 0.3 is 0 Å². The first kappa shape index (κ1) is 13.5. The van der Waals surface area contributed by atoms with E-state index in [2.05, 4.69) is 5.32 Å². The zero-order valence-corrected chi connectivity index (χ0v) is 11.4. The van der Waals surface area contributed by atoms with E-state index in [9.17, 15) is 9.59 Å². The number of nitrogens with one attached hydrogen (secondary N) is 1. The summed E-state index contributed by atoms with van der Waals surface area (Å²) in [5.74, 6) is -0.0200. The smallest absolute Gasteiger partial charge is 0.274 e. The van der Waals surface area contributed by atoms with Crippen molar-refractivity contribution in [3.8, 4) is 5.75 Å². The number of rotatable bonds is 3. The average Bonchev–Trinajstić information content (AvgIpc) is 2.37. The van der Waals surface area contributed by atoms with Crippen molar-refractivity contribution >= 4 is 17.5 Å². The maximum Gasteiger partial charge on any atom is 0.274 e. The van der Waals surface area contributed by atoms with Gasteiger partial charge in [-0.2, -0.15) is 0 Å². The Hall–Kier alpha value is -1.88. The average molecular weight is 262 g/mol. The Bertz CT molecular complexity index is 513. The first-order chi connectivity index (χ1) is 9.04. The normalized spacial score (nSPS) is 17.9. The minimum atomic E-state index is -0.625. The van der Waals surface area contributed by atoms with Crippen LogP contribution in [0, 0.1) is 0 Å². The van der Waals surface area contributed by atoms with Gasteiger partial charge in [0.1, 0.15) is 5.75 Å². The molecule has 0 aromatic heterocycles. The lowest BCUT2D eigenvalue weighted by Gasteiger charge is -2.31. The molecule has 0 aliphatic carbocycles. The van der Waals surface area contributed by atoms with E-state index in [-0.39, 0.29) is 11.8 Å². The highest BCUT2D eigenvalue weighted by Gasteiger charge is 2.34. The number of ether oxygens (including phenoxy) is 1. The molecular formula is C14H18N2O3. The fourth-order valence-corrected chi connectivity index (χ4v) is 2.13. The summed E-state index contributed by atoms with van der Waals surface area (Å²) in [6.45, 7) is 3.88. The van der Waals surface area contributed by atoms with Crippen molar-refractivity contribution < 1.29 is 14.3 Å². The Morgan fingerprint density at radius 2 is 2.21 bits per heavy atom. The second-order valence-electron chi connectivity index (χ2n) is 4.61. The van der Waals surface area contributed by atoms with Crippen LogP contribution in [0.2, 0.25) is 0 Å². The first-order valence-electron chi connectivity index (χ1n) is 6.33. The molecule has 1 N–H and O–H groups in total. The summed E-state index contributed by atoms with van der Waals surface area (Å²) < 4.78 is 5.52. The molecule has 1 aliphatic rings. The number of fused-ring (bicyclic) bond motifs is 1. The molecule has 1 heterocycles. The molecule has 1 aliphatic heterocycles. The molecule has 0 spiro atoms. The number of hydrogen-bond acceptors (Lipinski definition) is 4. The molecule has 1 atom stereocenters. The number of benzene rings is 1. The summed E-state index contributed by atoms with van der Waals surface area (Å²) in [6, 6.07) is 5.62. The Labute approximate surface area is 112 Å².